The van der Waals surface area contributed by atoms with Crippen molar-refractivity contribution in [3.05, 3.63) is 170 Å². The maximum Gasteiger partial charge on any atom is -0.00262 e. The van der Waals surface area contributed by atoms with Gasteiger partial charge in [0, 0.05) is 0 Å². The molecule has 0 heteroatoms. The first kappa shape index (κ1) is 24.8. The standard InChI is InChI=1S/C44H28/c1-2-12-33-28-34(25-20-29(33)10-1)44-41-16-7-5-14-39(41)43(40-15-6-8-17-42(40)44)32-23-21-31(22-24-32)36-18-9-19-37-35-13-4-3-11-30(35)26-27-38(36)37/h1-28H. The van der Waals surface area contributed by atoms with Crippen molar-refractivity contribution in [2.75, 3.05) is 0 Å². The molecule has 0 radical (unpaired) electrons. The highest BCUT2D eigenvalue weighted by molar-refractivity contribution is 6.22. The topological polar surface area (TPSA) is 0 Å². The van der Waals surface area contributed by atoms with Crippen molar-refractivity contribution in [1.29, 1.82) is 0 Å². The maximum atomic E-state index is 2.34. The van der Waals surface area contributed by atoms with Crippen LogP contribution in [0.15, 0.2) is 170 Å². The molecule has 0 spiro atoms. The second-order valence-electron chi connectivity index (χ2n) is 11.7. The van der Waals surface area contributed by atoms with Crippen LogP contribution in [0.5, 0.6) is 0 Å². The van der Waals surface area contributed by atoms with Gasteiger partial charge in [0.1, 0.15) is 0 Å². The summed E-state index contributed by atoms with van der Waals surface area (Å²) in [6.45, 7) is 0. The van der Waals surface area contributed by atoms with Crippen molar-refractivity contribution in [2.45, 2.75) is 0 Å². The Morgan fingerprint density at radius 3 is 1.39 bits per heavy atom. The molecular weight excluding hydrogens is 528 g/mol. The summed E-state index contributed by atoms with van der Waals surface area (Å²) in [6.07, 6.45) is 0. The molecule has 0 atom stereocenters. The fourth-order valence-corrected chi connectivity index (χ4v) is 7.20. The fourth-order valence-electron chi connectivity index (χ4n) is 7.20. The van der Waals surface area contributed by atoms with E-state index in [1.54, 1.807) is 0 Å². The zero-order valence-electron chi connectivity index (χ0n) is 24.2. The number of rotatable bonds is 3. The molecule has 0 fully saturated rings. The van der Waals surface area contributed by atoms with Crippen molar-refractivity contribution in [3.63, 3.8) is 0 Å². The summed E-state index contributed by atoms with van der Waals surface area (Å²) >= 11 is 0. The first-order chi connectivity index (χ1) is 21.8. The highest BCUT2D eigenvalue weighted by Gasteiger charge is 2.17. The minimum atomic E-state index is 1.23. The average molecular weight is 557 g/mol. The van der Waals surface area contributed by atoms with Crippen molar-refractivity contribution < 1.29 is 0 Å². The van der Waals surface area contributed by atoms with Gasteiger partial charge < -0.3 is 0 Å². The minimum absolute atomic E-state index is 1.23. The average Bonchev–Trinajstić information content (AvgIpc) is 3.10. The Morgan fingerprint density at radius 1 is 0.227 bits per heavy atom. The van der Waals surface area contributed by atoms with Crippen molar-refractivity contribution in [3.8, 4) is 33.4 Å². The SMILES string of the molecule is c1ccc2cc(-c3c4ccccc4c(-c4ccc(-c5cccc6c5ccc5ccccc56)cc4)c4ccccc34)ccc2c1. The van der Waals surface area contributed by atoms with Crippen molar-refractivity contribution in [2.24, 2.45) is 0 Å². The van der Waals surface area contributed by atoms with E-state index in [1.807, 2.05) is 0 Å². The smallest absolute Gasteiger partial charge is 0.00262 e. The second-order valence-corrected chi connectivity index (χ2v) is 11.7. The van der Waals surface area contributed by atoms with Gasteiger partial charge in [0.2, 0.25) is 0 Å². The Hall–Kier alpha value is -5.72. The van der Waals surface area contributed by atoms with E-state index in [-0.39, 0.29) is 0 Å². The van der Waals surface area contributed by atoms with Crippen LogP contribution in [0.4, 0.5) is 0 Å². The van der Waals surface area contributed by atoms with Crippen LogP contribution in [0, 0.1) is 0 Å². The molecule has 204 valence electrons. The van der Waals surface area contributed by atoms with E-state index >= 15 is 0 Å². The predicted molar refractivity (Wildman–Crippen MR) is 190 cm³/mol. The molecule has 9 aromatic rings. The van der Waals surface area contributed by atoms with Crippen LogP contribution in [0.1, 0.15) is 0 Å². The van der Waals surface area contributed by atoms with Gasteiger partial charge in [0.15, 0.2) is 0 Å². The fraction of sp³-hybridized carbons (Fsp3) is 0. The normalized spacial score (nSPS) is 11.6. The first-order valence-electron chi connectivity index (χ1n) is 15.3. The minimum Gasteiger partial charge on any atom is -0.0616 e. The molecule has 0 aliphatic heterocycles. The zero-order chi connectivity index (χ0) is 29.0. The molecule has 0 heterocycles. The van der Waals surface area contributed by atoms with Crippen molar-refractivity contribution >= 4 is 53.9 Å². The number of benzene rings is 9. The lowest BCUT2D eigenvalue weighted by atomic mass is 9.85. The molecule has 0 amide bonds. The Balaban J connectivity index is 1.24. The van der Waals surface area contributed by atoms with Gasteiger partial charge in [0.05, 0.1) is 0 Å². The monoisotopic (exact) mass is 556 g/mol. The van der Waals surface area contributed by atoms with E-state index < -0.39 is 0 Å². The first-order valence-corrected chi connectivity index (χ1v) is 15.3. The zero-order valence-corrected chi connectivity index (χ0v) is 24.2. The Morgan fingerprint density at radius 2 is 0.705 bits per heavy atom. The molecule has 0 aromatic heterocycles. The van der Waals surface area contributed by atoms with Gasteiger partial charge in [-0.1, -0.05) is 164 Å². The van der Waals surface area contributed by atoms with Gasteiger partial charge in [-0.2, -0.15) is 0 Å². The van der Waals surface area contributed by atoms with Gasteiger partial charge in [-0.25, -0.2) is 0 Å². The van der Waals surface area contributed by atoms with Crippen LogP contribution < -0.4 is 0 Å². The van der Waals surface area contributed by atoms with Crippen LogP contribution in [-0.2, 0) is 0 Å². The van der Waals surface area contributed by atoms with E-state index in [2.05, 4.69) is 170 Å². The predicted octanol–water partition coefficient (Wildman–Crippen LogP) is 12.5. The van der Waals surface area contributed by atoms with E-state index in [1.165, 1.54) is 87.2 Å². The van der Waals surface area contributed by atoms with Gasteiger partial charge in [0.25, 0.3) is 0 Å². The summed E-state index contributed by atoms with van der Waals surface area (Å²) in [4.78, 5) is 0. The molecule has 0 aliphatic carbocycles. The van der Waals surface area contributed by atoms with Crippen LogP contribution in [0.25, 0.3) is 87.2 Å². The number of hydrogen-bond acceptors (Lipinski definition) is 0. The third-order valence-corrected chi connectivity index (χ3v) is 9.24. The van der Waals surface area contributed by atoms with Gasteiger partial charge in [-0.05, 0) is 93.3 Å². The van der Waals surface area contributed by atoms with Crippen LogP contribution in [-0.4, -0.2) is 0 Å². The molecule has 9 rings (SSSR count). The number of hydrogen-bond donors (Lipinski definition) is 0. The van der Waals surface area contributed by atoms with Gasteiger partial charge in [-0.15, -0.1) is 0 Å². The molecule has 0 nitrogen and oxygen atoms in total. The molecule has 0 aliphatic rings. The third-order valence-electron chi connectivity index (χ3n) is 9.24. The summed E-state index contributed by atoms with van der Waals surface area (Å²) < 4.78 is 0. The summed E-state index contributed by atoms with van der Waals surface area (Å²) in [7, 11) is 0. The summed E-state index contributed by atoms with van der Waals surface area (Å²) in [5.41, 5.74) is 7.57. The maximum absolute atomic E-state index is 2.34. The van der Waals surface area contributed by atoms with E-state index in [0.717, 1.165) is 0 Å². The lowest BCUT2D eigenvalue weighted by molar-refractivity contribution is 1.64. The molecule has 0 saturated carbocycles. The summed E-state index contributed by atoms with van der Waals surface area (Å²) in [5.74, 6) is 0. The Bertz CT molecular complexity index is 2480. The largest absolute Gasteiger partial charge is 0.0616 e. The molecule has 0 N–H and O–H groups in total. The van der Waals surface area contributed by atoms with Gasteiger partial charge in [-0.3, -0.25) is 0 Å². The molecular formula is C44H28. The van der Waals surface area contributed by atoms with Crippen LogP contribution in [0.2, 0.25) is 0 Å². The summed E-state index contributed by atoms with van der Waals surface area (Å²) in [5, 5.41) is 12.8. The highest BCUT2D eigenvalue weighted by Crippen LogP contribution is 2.44. The molecule has 44 heavy (non-hydrogen) atoms. The highest BCUT2D eigenvalue weighted by atomic mass is 14.2. The van der Waals surface area contributed by atoms with Crippen molar-refractivity contribution in [1.82, 2.24) is 0 Å². The Labute approximate surface area is 256 Å². The molecule has 0 unspecified atom stereocenters. The molecule has 9 aromatic carbocycles. The van der Waals surface area contributed by atoms with E-state index in [4.69, 9.17) is 0 Å². The Kier molecular flexibility index (Phi) is 5.61. The van der Waals surface area contributed by atoms with Gasteiger partial charge >= 0.3 is 0 Å². The van der Waals surface area contributed by atoms with E-state index in [0.29, 0.717) is 0 Å². The van der Waals surface area contributed by atoms with Crippen LogP contribution in [0.3, 0.4) is 0 Å². The molecule has 0 bridgehead atoms. The van der Waals surface area contributed by atoms with Crippen LogP contribution >= 0.6 is 0 Å². The molecule has 0 saturated heterocycles. The van der Waals surface area contributed by atoms with E-state index in [9.17, 15) is 0 Å². The lowest BCUT2D eigenvalue weighted by Crippen LogP contribution is -1.91. The third kappa shape index (κ3) is 3.85. The summed E-state index contributed by atoms with van der Waals surface area (Å²) in [6, 6.07) is 62.3. The lowest BCUT2D eigenvalue weighted by Gasteiger charge is -2.18. The second kappa shape index (κ2) is 9.93. The quantitative estimate of drug-likeness (QED) is 0.150. The number of fused-ring (bicyclic) bond motifs is 6.